The molecule has 0 aliphatic carbocycles. The minimum Gasteiger partial charge on any atom is -0.395 e. The highest BCUT2D eigenvalue weighted by Crippen LogP contribution is 2.28. The molecule has 0 saturated carbocycles. The van der Waals surface area contributed by atoms with E-state index < -0.39 is 0 Å². The maximum Gasteiger partial charge on any atom is 0.152 e. The maximum absolute atomic E-state index is 9.42. The van der Waals surface area contributed by atoms with Gasteiger partial charge in [-0.2, -0.15) is 5.26 Å². The molecule has 0 aliphatic rings. The quantitative estimate of drug-likeness (QED) is 0.646. The van der Waals surface area contributed by atoms with Crippen LogP contribution in [0.2, 0.25) is 0 Å². The molecule has 0 amide bonds. The van der Waals surface area contributed by atoms with E-state index >= 15 is 0 Å². The summed E-state index contributed by atoms with van der Waals surface area (Å²) in [6, 6.07) is 12.4. The number of aromatic nitrogens is 1. The molecule has 2 rings (SSSR count). The van der Waals surface area contributed by atoms with Crippen LogP contribution < -0.4 is 16.4 Å². The van der Waals surface area contributed by atoms with E-state index in [-0.39, 0.29) is 0 Å². The molecule has 0 saturated heterocycles. The zero-order valence-corrected chi connectivity index (χ0v) is 14.1. The van der Waals surface area contributed by atoms with Crippen LogP contribution in [0.4, 0.5) is 17.3 Å². The molecular weight excluding hydrogens is 302 g/mol. The van der Waals surface area contributed by atoms with Crippen LogP contribution in [-0.2, 0) is 11.2 Å². The Labute approximate surface area is 142 Å². The number of rotatable bonds is 8. The third-order valence-electron chi connectivity index (χ3n) is 3.75. The van der Waals surface area contributed by atoms with Gasteiger partial charge in [0, 0.05) is 20.2 Å². The number of pyridine rings is 1. The Morgan fingerprint density at radius 2 is 1.88 bits per heavy atom. The van der Waals surface area contributed by atoms with E-state index in [1.54, 1.807) is 7.11 Å². The smallest absolute Gasteiger partial charge is 0.152 e. The van der Waals surface area contributed by atoms with Crippen molar-refractivity contribution in [3.05, 3.63) is 47.0 Å². The predicted octanol–water partition coefficient (Wildman–Crippen LogP) is 2.56. The number of nitrogen functional groups attached to an aromatic ring is 1. The number of ether oxygens (including phenoxy) is 1. The number of benzene rings is 1. The van der Waals surface area contributed by atoms with Crippen LogP contribution >= 0.6 is 0 Å². The molecule has 2 aromatic rings. The zero-order valence-electron chi connectivity index (χ0n) is 14.1. The highest BCUT2D eigenvalue weighted by Gasteiger charge is 2.14. The summed E-state index contributed by atoms with van der Waals surface area (Å²) in [5, 5.41) is 15.8. The van der Waals surface area contributed by atoms with Gasteiger partial charge in [0.15, 0.2) is 5.82 Å². The number of hydrogen-bond donors (Lipinski definition) is 3. The van der Waals surface area contributed by atoms with Crippen molar-refractivity contribution in [1.82, 2.24) is 4.98 Å². The molecule has 126 valence electrons. The number of nitrogens with zero attached hydrogens (tertiary/aromatic N) is 2. The zero-order chi connectivity index (χ0) is 17.4. The highest BCUT2D eigenvalue weighted by molar-refractivity contribution is 5.74. The molecule has 6 heteroatoms. The molecule has 0 atom stereocenters. The Balaban J connectivity index is 2.13. The number of nitrogens with two attached hydrogens (primary N) is 1. The summed E-state index contributed by atoms with van der Waals surface area (Å²) in [7, 11) is 1.64. The Bertz CT molecular complexity index is 710. The van der Waals surface area contributed by atoms with Crippen molar-refractivity contribution in [2.75, 3.05) is 43.2 Å². The second-order valence-electron chi connectivity index (χ2n) is 5.42. The molecule has 1 aromatic carbocycles. The third kappa shape index (κ3) is 4.37. The summed E-state index contributed by atoms with van der Waals surface area (Å²) >= 11 is 0. The van der Waals surface area contributed by atoms with E-state index in [0.717, 1.165) is 12.0 Å². The van der Waals surface area contributed by atoms with Crippen molar-refractivity contribution < 1.29 is 4.74 Å². The topological polar surface area (TPSA) is 96.0 Å². The standard InChI is InChI=1S/C18H23N5O/c1-13-15(12-19)17(21-9-8-14-6-4-3-5-7-14)23-18(16(13)20)22-10-11-24-2/h3-7H,8-11,20H2,1-2H3,(H2,21,22,23). The maximum atomic E-state index is 9.42. The van der Waals surface area contributed by atoms with Gasteiger partial charge in [-0.15, -0.1) is 0 Å². The van der Waals surface area contributed by atoms with Crippen molar-refractivity contribution in [3.63, 3.8) is 0 Å². The number of nitrogens with one attached hydrogen (secondary N) is 2. The average molecular weight is 325 g/mol. The first-order valence-corrected chi connectivity index (χ1v) is 7.88. The lowest BCUT2D eigenvalue weighted by atomic mass is 10.1. The lowest BCUT2D eigenvalue weighted by molar-refractivity contribution is 0.210. The molecule has 0 aliphatic heterocycles. The Morgan fingerprint density at radius 1 is 1.17 bits per heavy atom. The summed E-state index contributed by atoms with van der Waals surface area (Å²) in [4.78, 5) is 4.48. The van der Waals surface area contributed by atoms with Gasteiger partial charge in [0.25, 0.3) is 0 Å². The Hall–Kier alpha value is -2.78. The molecule has 0 unspecified atom stereocenters. The summed E-state index contributed by atoms with van der Waals surface area (Å²) < 4.78 is 5.02. The van der Waals surface area contributed by atoms with Crippen LogP contribution in [0, 0.1) is 18.3 Å². The molecular formula is C18H23N5O. The van der Waals surface area contributed by atoms with E-state index in [1.807, 2.05) is 25.1 Å². The van der Waals surface area contributed by atoms with Gasteiger partial charge >= 0.3 is 0 Å². The van der Waals surface area contributed by atoms with Gasteiger partial charge < -0.3 is 21.1 Å². The van der Waals surface area contributed by atoms with Gasteiger partial charge in [-0.1, -0.05) is 30.3 Å². The lowest BCUT2D eigenvalue weighted by Crippen LogP contribution is -2.15. The summed E-state index contributed by atoms with van der Waals surface area (Å²) in [6.07, 6.45) is 0.850. The molecule has 0 spiro atoms. The molecule has 0 bridgehead atoms. The molecule has 0 radical (unpaired) electrons. The number of anilines is 3. The van der Waals surface area contributed by atoms with Crippen LogP contribution in [0.1, 0.15) is 16.7 Å². The first-order valence-electron chi connectivity index (χ1n) is 7.88. The van der Waals surface area contributed by atoms with Crippen LogP contribution in [-0.4, -0.2) is 31.8 Å². The van der Waals surface area contributed by atoms with E-state index in [2.05, 4.69) is 33.8 Å². The first kappa shape index (κ1) is 17.6. The first-order chi connectivity index (χ1) is 11.7. The van der Waals surface area contributed by atoms with Crippen molar-refractivity contribution in [2.24, 2.45) is 0 Å². The summed E-state index contributed by atoms with van der Waals surface area (Å²) in [5.41, 5.74) is 9.03. The second-order valence-corrected chi connectivity index (χ2v) is 5.42. The van der Waals surface area contributed by atoms with Crippen LogP contribution in [0.3, 0.4) is 0 Å². The summed E-state index contributed by atoms with van der Waals surface area (Å²) in [5.74, 6) is 1.13. The largest absolute Gasteiger partial charge is 0.395 e. The molecule has 24 heavy (non-hydrogen) atoms. The van der Waals surface area contributed by atoms with Crippen molar-refractivity contribution >= 4 is 17.3 Å². The molecule has 0 fully saturated rings. The van der Waals surface area contributed by atoms with Crippen LogP contribution in [0.5, 0.6) is 0 Å². The van der Waals surface area contributed by atoms with Crippen molar-refractivity contribution in [3.8, 4) is 6.07 Å². The molecule has 1 aromatic heterocycles. The third-order valence-corrected chi connectivity index (χ3v) is 3.75. The van der Waals surface area contributed by atoms with Gasteiger partial charge in [-0.05, 0) is 24.5 Å². The van der Waals surface area contributed by atoms with Gasteiger partial charge in [-0.25, -0.2) is 4.98 Å². The van der Waals surface area contributed by atoms with Gasteiger partial charge in [0.1, 0.15) is 11.9 Å². The SMILES string of the molecule is COCCNc1nc(NCCc2ccccc2)c(C#N)c(C)c1N. The number of methoxy groups -OCH3 is 1. The van der Waals surface area contributed by atoms with E-state index in [1.165, 1.54) is 5.56 Å². The highest BCUT2D eigenvalue weighted by atomic mass is 16.5. The van der Waals surface area contributed by atoms with E-state index in [9.17, 15) is 5.26 Å². The average Bonchev–Trinajstić information content (AvgIpc) is 2.60. The predicted molar refractivity (Wildman–Crippen MR) is 97.1 cm³/mol. The Kier molecular flexibility index (Phi) is 6.41. The van der Waals surface area contributed by atoms with Crippen LogP contribution in [0.15, 0.2) is 30.3 Å². The van der Waals surface area contributed by atoms with Gasteiger partial charge in [0.2, 0.25) is 0 Å². The summed E-state index contributed by atoms with van der Waals surface area (Å²) in [6.45, 7) is 3.67. The fourth-order valence-corrected chi connectivity index (χ4v) is 2.36. The second kappa shape index (κ2) is 8.75. The van der Waals surface area contributed by atoms with Crippen LogP contribution in [0.25, 0.3) is 0 Å². The van der Waals surface area contributed by atoms with E-state index in [4.69, 9.17) is 10.5 Å². The normalized spacial score (nSPS) is 10.2. The fourth-order valence-electron chi connectivity index (χ4n) is 2.36. The monoisotopic (exact) mass is 325 g/mol. The molecule has 4 N–H and O–H groups in total. The minimum atomic E-state index is 0.484. The van der Waals surface area contributed by atoms with E-state index in [0.29, 0.717) is 42.6 Å². The Morgan fingerprint density at radius 3 is 2.54 bits per heavy atom. The van der Waals surface area contributed by atoms with Gasteiger partial charge in [0.05, 0.1) is 17.9 Å². The van der Waals surface area contributed by atoms with Crippen molar-refractivity contribution in [2.45, 2.75) is 13.3 Å². The van der Waals surface area contributed by atoms with Crippen molar-refractivity contribution in [1.29, 1.82) is 5.26 Å². The van der Waals surface area contributed by atoms with Gasteiger partial charge in [-0.3, -0.25) is 0 Å². The molecule has 6 nitrogen and oxygen atoms in total. The minimum absolute atomic E-state index is 0.484. The molecule has 1 heterocycles. The lowest BCUT2D eigenvalue weighted by Gasteiger charge is -2.15. The number of hydrogen-bond acceptors (Lipinski definition) is 6. The fraction of sp³-hybridized carbons (Fsp3) is 0.333. The number of nitriles is 1.